The Bertz CT molecular complexity index is 101. The number of ether oxygens (including phenoxy) is 3. The van der Waals surface area contributed by atoms with Crippen LogP contribution in [0.2, 0.25) is 0 Å². The molecule has 0 radical (unpaired) electrons. The molecule has 0 rings (SSSR count). The smallest absolute Gasteiger partial charge is 0.180 e. The van der Waals surface area contributed by atoms with E-state index in [-0.39, 0.29) is 6.29 Å². The normalized spacial score (nSPS) is 13.2. The SMILES string of the molecule is CCOC(COCCSCC)OC. The molecule has 0 N–H and O–H groups in total. The third-order valence-electron chi connectivity index (χ3n) is 1.45. The van der Waals surface area contributed by atoms with Gasteiger partial charge in [-0.3, -0.25) is 0 Å². The van der Waals surface area contributed by atoms with Crippen molar-refractivity contribution in [3.63, 3.8) is 0 Å². The van der Waals surface area contributed by atoms with Crippen LogP contribution in [0.5, 0.6) is 0 Å². The summed E-state index contributed by atoms with van der Waals surface area (Å²) in [5, 5.41) is 0. The van der Waals surface area contributed by atoms with E-state index in [1.54, 1.807) is 7.11 Å². The highest BCUT2D eigenvalue weighted by Crippen LogP contribution is 1.99. The molecule has 13 heavy (non-hydrogen) atoms. The molecule has 0 aliphatic rings. The molecule has 0 amide bonds. The van der Waals surface area contributed by atoms with E-state index >= 15 is 0 Å². The zero-order chi connectivity index (χ0) is 9.94. The van der Waals surface area contributed by atoms with Crippen LogP contribution in [0.25, 0.3) is 0 Å². The fourth-order valence-electron chi connectivity index (χ4n) is 0.812. The molecule has 0 aliphatic carbocycles. The molecule has 0 aromatic carbocycles. The molecule has 0 saturated heterocycles. The lowest BCUT2D eigenvalue weighted by molar-refractivity contribution is -0.152. The Kier molecular flexibility index (Phi) is 10.5. The van der Waals surface area contributed by atoms with Gasteiger partial charge in [0.05, 0.1) is 13.2 Å². The molecule has 0 fully saturated rings. The van der Waals surface area contributed by atoms with Crippen molar-refractivity contribution in [2.24, 2.45) is 0 Å². The lowest BCUT2D eigenvalue weighted by Crippen LogP contribution is -2.22. The first-order valence-corrected chi connectivity index (χ1v) is 5.80. The zero-order valence-corrected chi connectivity index (χ0v) is 9.56. The second-order valence-corrected chi connectivity index (χ2v) is 3.79. The fourth-order valence-corrected chi connectivity index (χ4v) is 1.34. The van der Waals surface area contributed by atoms with Gasteiger partial charge in [-0.1, -0.05) is 6.92 Å². The molecule has 1 unspecified atom stereocenters. The van der Waals surface area contributed by atoms with Gasteiger partial charge >= 0.3 is 0 Å². The van der Waals surface area contributed by atoms with E-state index in [0.29, 0.717) is 13.2 Å². The second-order valence-electron chi connectivity index (χ2n) is 2.39. The minimum Gasteiger partial charge on any atom is -0.375 e. The average molecular weight is 208 g/mol. The lowest BCUT2D eigenvalue weighted by atomic mass is 10.6. The highest BCUT2D eigenvalue weighted by molar-refractivity contribution is 7.99. The van der Waals surface area contributed by atoms with Crippen LogP contribution in [-0.2, 0) is 14.2 Å². The number of rotatable bonds is 9. The van der Waals surface area contributed by atoms with E-state index in [1.165, 1.54) is 0 Å². The minimum absolute atomic E-state index is 0.211. The molecular formula is C9H20O3S. The van der Waals surface area contributed by atoms with Crippen molar-refractivity contribution in [3.8, 4) is 0 Å². The Morgan fingerprint density at radius 2 is 2.08 bits per heavy atom. The highest BCUT2D eigenvalue weighted by Gasteiger charge is 2.05. The van der Waals surface area contributed by atoms with Gasteiger partial charge in [-0.25, -0.2) is 0 Å². The molecule has 0 aromatic heterocycles. The molecule has 0 aliphatic heterocycles. The molecular weight excluding hydrogens is 188 g/mol. The first kappa shape index (κ1) is 13.2. The first-order chi connectivity index (χ1) is 6.35. The van der Waals surface area contributed by atoms with Crippen molar-refractivity contribution >= 4 is 11.8 Å². The third kappa shape index (κ3) is 8.56. The van der Waals surface area contributed by atoms with E-state index in [0.717, 1.165) is 18.1 Å². The van der Waals surface area contributed by atoms with E-state index in [4.69, 9.17) is 14.2 Å². The Hall–Kier alpha value is 0.230. The predicted molar refractivity (Wildman–Crippen MR) is 56.2 cm³/mol. The molecule has 0 aromatic rings. The fraction of sp³-hybridized carbons (Fsp3) is 1.00. The van der Waals surface area contributed by atoms with Crippen LogP contribution in [0, 0.1) is 0 Å². The quantitative estimate of drug-likeness (QED) is 0.426. The predicted octanol–water partition coefficient (Wildman–Crippen LogP) is 1.77. The standard InChI is InChI=1S/C9H20O3S/c1-4-12-9(10-3)8-11-6-7-13-5-2/h9H,4-8H2,1-3H3. The summed E-state index contributed by atoms with van der Waals surface area (Å²) in [6.07, 6.45) is -0.211. The third-order valence-corrected chi connectivity index (χ3v) is 2.31. The molecule has 0 saturated carbocycles. The summed E-state index contributed by atoms with van der Waals surface area (Å²) >= 11 is 1.87. The van der Waals surface area contributed by atoms with Crippen LogP contribution in [0.3, 0.4) is 0 Å². The van der Waals surface area contributed by atoms with Gasteiger partial charge < -0.3 is 14.2 Å². The zero-order valence-electron chi connectivity index (χ0n) is 8.75. The van der Waals surface area contributed by atoms with Crippen LogP contribution < -0.4 is 0 Å². The van der Waals surface area contributed by atoms with Gasteiger partial charge in [-0.2, -0.15) is 11.8 Å². The number of methoxy groups -OCH3 is 1. The van der Waals surface area contributed by atoms with Crippen LogP contribution in [-0.4, -0.2) is 44.7 Å². The van der Waals surface area contributed by atoms with Crippen LogP contribution in [0.15, 0.2) is 0 Å². The monoisotopic (exact) mass is 208 g/mol. The summed E-state index contributed by atoms with van der Waals surface area (Å²) in [5.74, 6) is 2.18. The summed E-state index contributed by atoms with van der Waals surface area (Å²) in [6, 6.07) is 0. The lowest BCUT2D eigenvalue weighted by Gasteiger charge is -2.14. The maximum absolute atomic E-state index is 5.37. The molecule has 80 valence electrons. The van der Waals surface area contributed by atoms with Crippen molar-refractivity contribution in [2.75, 3.05) is 38.4 Å². The van der Waals surface area contributed by atoms with Crippen LogP contribution in [0.1, 0.15) is 13.8 Å². The molecule has 0 heterocycles. The second kappa shape index (κ2) is 10.3. The van der Waals surface area contributed by atoms with Crippen molar-refractivity contribution in [1.29, 1.82) is 0 Å². The molecule has 0 spiro atoms. The molecule has 0 bridgehead atoms. The first-order valence-electron chi connectivity index (χ1n) is 4.65. The largest absolute Gasteiger partial charge is 0.375 e. The van der Waals surface area contributed by atoms with Gasteiger partial charge in [0.15, 0.2) is 6.29 Å². The number of hydrogen-bond donors (Lipinski definition) is 0. The molecule has 3 nitrogen and oxygen atoms in total. The van der Waals surface area contributed by atoms with Gasteiger partial charge in [0, 0.05) is 19.5 Å². The summed E-state index contributed by atoms with van der Waals surface area (Å²) < 4.78 is 15.7. The van der Waals surface area contributed by atoms with E-state index in [9.17, 15) is 0 Å². The van der Waals surface area contributed by atoms with Crippen molar-refractivity contribution < 1.29 is 14.2 Å². The Labute approximate surface area is 85.1 Å². The van der Waals surface area contributed by atoms with Crippen LogP contribution in [0.4, 0.5) is 0 Å². The van der Waals surface area contributed by atoms with Crippen molar-refractivity contribution in [2.45, 2.75) is 20.1 Å². The summed E-state index contributed by atoms with van der Waals surface area (Å²) in [7, 11) is 1.63. The minimum atomic E-state index is -0.211. The van der Waals surface area contributed by atoms with E-state index < -0.39 is 0 Å². The highest BCUT2D eigenvalue weighted by atomic mass is 32.2. The molecule has 4 heteroatoms. The Balaban J connectivity index is 3.17. The Morgan fingerprint density at radius 1 is 1.31 bits per heavy atom. The topological polar surface area (TPSA) is 27.7 Å². The van der Waals surface area contributed by atoms with Gasteiger partial charge in [0.25, 0.3) is 0 Å². The Morgan fingerprint density at radius 3 is 2.62 bits per heavy atom. The van der Waals surface area contributed by atoms with Gasteiger partial charge in [0.1, 0.15) is 0 Å². The summed E-state index contributed by atoms with van der Waals surface area (Å²) in [4.78, 5) is 0. The van der Waals surface area contributed by atoms with Crippen molar-refractivity contribution in [3.05, 3.63) is 0 Å². The number of thioether (sulfide) groups is 1. The summed E-state index contributed by atoms with van der Waals surface area (Å²) in [5.41, 5.74) is 0. The van der Waals surface area contributed by atoms with Gasteiger partial charge in [0.2, 0.25) is 0 Å². The summed E-state index contributed by atoms with van der Waals surface area (Å²) in [6.45, 7) is 6.04. The van der Waals surface area contributed by atoms with Gasteiger partial charge in [-0.05, 0) is 12.7 Å². The number of hydrogen-bond acceptors (Lipinski definition) is 4. The maximum Gasteiger partial charge on any atom is 0.180 e. The average Bonchev–Trinajstić information content (AvgIpc) is 2.16. The maximum atomic E-state index is 5.37. The van der Waals surface area contributed by atoms with Gasteiger partial charge in [-0.15, -0.1) is 0 Å². The van der Waals surface area contributed by atoms with Crippen molar-refractivity contribution in [1.82, 2.24) is 0 Å². The van der Waals surface area contributed by atoms with E-state index in [1.807, 2.05) is 18.7 Å². The molecule has 1 atom stereocenters. The van der Waals surface area contributed by atoms with Crippen LogP contribution >= 0.6 is 11.8 Å². The van der Waals surface area contributed by atoms with E-state index in [2.05, 4.69) is 6.92 Å².